The lowest BCUT2D eigenvalue weighted by molar-refractivity contribution is 0.0158. The van der Waals surface area contributed by atoms with Crippen LogP contribution in [-0.4, -0.2) is 70.7 Å². The lowest BCUT2D eigenvalue weighted by atomic mass is 10.0. The highest BCUT2D eigenvalue weighted by molar-refractivity contribution is 5.91. The van der Waals surface area contributed by atoms with Crippen molar-refractivity contribution in [2.24, 2.45) is 0 Å². The lowest BCUT2D eigenvalue weighted by Gasteiger charge is -2.39. The number of furan rings is 1. The Labute approximate surface area is 153 Å². The minimum atomic E-state index is 0.0137. The van der Waals surface area contributed by atoms with Gasteiger partial charge in [-0.05, 0) is 31.4 Å². The second kappa shape index (κ2) is 8.05. The quantitative estimate of drug-likeness (QED) is 0.816. The maximum atomic E-state index is 13.0. The molecule has 7 heteroatoms. The van der Waals surface area contributed by atoms with E-state index in [0.29, 0.717) is 12.3 Å². The van der Waals surface area contributed by atoms with Gasteiger partial charge in [0, 0.05) is 44.6 Å². The Bertz CT molecular complexity index is 706. The van der Waals surface area contributed by atoms with Crippen LogP contribution in [0.25, 0.3) is 0 Å². The van der Waals surface area contributed by atoms with Crippen molar-refractivity contribution < 1.29 is 13.9 Å². The highest BCUT2D eigenvalue weighted by atomic mass is 16.5. The summed E-state index contributed by atoms with van der Waals surface area (Å²) in [4.78, 5) is 21.5. The lowest BCUT2D eigenvalue weighted by Crippen LogP contribution is -2.51. The van der Waals surface area contributed by atoms with Crippen LogP contribution in [0.3, 0.4) is 0 Å². The number of carbonyl (C=O) groups is 1. The molecule has 0 N–H and O–H groups in total. The Morgan fingerprint density at radius 1 is 1.19 bits per heavy atom. The van der Waals surface area contributed by atoms with Crippen molar-refractivity contribution in [3.8, 4) is 0 Å². The summed E-state index contributed by atoms with van der Waals surface area (Å²) < 4.78 is 13.2. The number of morpholine rings is 1. The van der Waals surface area contributed by atoms with Crippen molar-refractivity contribution >= 4 is 5.91 Å². The molecule has 0 spiro atoms. The van der Waals surface area contributed by atoms with E-state index in [4.69, 9.17) is 9.15 Å². The number of amides is 1. The van der Waals surface area contributed by atoms with Crippen molar-refractivity contribution in [2.45, 2.75) is 31.8 Å². The maximum Gasteiger partial charge on any atom is 0.289 e. The molecule has 26 heavy (non-hydrogen) atoms. The van der Waals surface area contributed by atoms with Gasteiger partial charge >= 0.3 is 0 Å². The minimum Gasteiger partial charge on any atom is -0.454 e. The van der Waals surface area contributed by atoms with E-state index in [1.807, 2.05) is 21.7 Å². The molecule has 0 radical (unpaired) electrons. The maximum absolute atomic E-state index is 13.0. The number of hydrogen-bond acceptors (Lipinski definition) is 5. The number of piperidine rings is 1. The Balaban J connectivity index is 1.42. The smallest absolute Gasteiger partial charge is 0.289 e. The van der Waals surface area contributed by atoms with E-state index in [1.165, 1.54) is 6.42 Å². The largest absolute Gasteiger partial charge is 0.454 e. The zero-order chi connectivity index (χ0) is 17.8. The second-order valence-corrected chi connectivity index (χ2v) is 7.06. The van der Waals surface area contributed by atoms with Crippen LogP contribution in [-0.2, 0) is 11.3 Å². The molecule has 4 rings (SSSR count). The molecule has 2 saturated heterocycles. The molecule has 0 saturated carbocycles. The molecule has 2 aliphatic rings. The number of rotatable bonds is 5. The molecule has 0 unspecified atom stereocenters. The normalized spacial score (nSPS) is 21.8. The molecule has 0 aliphatic carbocycles. The minimum absolute atomic E-state index is 0.0137. The Hall–Kier alpha value is -2.12. The van der Waals surface area contributed by atoms with E-state index in [2.05, 4.69) is 9.88 Å². The predicted octanol–water partition coefficient (Wildman–Crippen LogP) is 1.85. The summed E-state index contributed by atoms with van der Waals surface area (Å²) >= 11 is 0. The standard InChI is InChI=1S/C19H26N4O3/c24-19(18-5-4-17(26-18)14-22-8-6-20-15-22)23-7-2-1-3-16(23)13-21-9-11-25-12-10-21/h4-6,8,15-16H,1-3,7,9-14H2/t16-/m0/s1. The van der Waals surface area contributed by atoms with Gasteiger partial charge in [0.2, 0.25) is 0 Å². The van der Waals surface area contributed by atoms with Gasteiger partial charge in [0.25, 0.3) is 5.91 Å². The van der Waals surface area contributed by atoms with Gasteiger partial charge in [0.15, 0.2) is 5.76 Å². The summed E-state index contributed by atoms with van der Waals surface area (Å²) in [6.45, 7) is 5.81. The molecular weight excluding hydrogens is 332 g/mol. The van der Waals surface area contributed by atoms with Gasteiger partial charge in [-0.25, -0.2) is 4.98 Å². The van der Waals surface area contributed by atoms with E-state index in [-0.39, 0.29) is 11.9 Å². The molecule has 2 aliphatic heterocycles. The molecule has 0 aromatic carbocycles. The summed E-state index contributed by atoms with van der Waals surface area (Å²) in [7, 11) is 0. The summed E-state index contributed by atoms with van der Waals surface area (Å²) in [6.07, 6.45) is 8.67. The molecule has 1 amide bonds. The van der Waals surface area contributed by atoms with Crippen LogP contribution >= 0.6 is 0 Å². The number of carbonyl (C=O) groups excluding carboxylic acids is 1. The zero-order valence-corrected chi connectivity index (χ0v) is 15.0. The van der Waals surface area contributed by atoms with E-state index in [1.54, 1.807) is 18.6 Å². The number of nitrogens with zero attached hydrogens (tertiary/aromatic N) is 4. The first-order valence-corrected chi connectivity index (χ1v) is 9.45. The molecule has 1 atom stereocenters. The van der Waals surface area contributed by atoms with Crippen molar-refractivity contribution in [2.75, 3.05) is 39.4 Å². The molecule has 2 aromatic rings. The predicted molar refractivity (Wildman–Crippen MR) is 96.0 cm³/mol. The number of hydrogen-bond donors (Lipinski definition) is 0. The number of ether oxygens (including phenoxy) is 1. The Kier molecular flexibility index (Phi) is 5.36. The fraction of sp³-hybridized carbons (Fsp3) is 0.579. The first-order valence-electron chi connectivity index (χ1n) is 9.45. The molecule has 2 aromatic heterocycles. The van der Waals surface area contributed by atoms with Gasteiger partial charge in [-0.1, -0.05) is 0 Å². The molecule has 140 valence electrons. The average Bonchev–Trinajstić information content (AvgIpc) is 3.35. The van der Waals surface area contributed by atoms with E-state index in [9.17, 15) is 4.79 Å². The van der Waals surface area contributed by atoms with Crippen LogP contribution in [0.15, 0.2) is 35.3 Å². The summed E-state index contributed by atoms with van der Waals surface area (Å²) in [5.74, 6) is 1.22. The van der Waals surface area contributed by atoms with Crippen LogP contribution < -0.4 is 0 Å². The van der Waals surface area contributed by atoms with Crippen LogP contribution in [0.1, 0.15) is 35.6 Å². The molecule has 0 bridgehead atoms. The molecule has 7 nitrogen and oxygen atoms in total. The summed E-state index contributed by atoms with van der Waals surface area (Å²) in [5, 5.41) is 0. The van der Waals surface area contributed by atoms with Crippen LogP contribution in [0.4, 0.5) is 0 Å². The number of imidazole rings is 1. The average molecular weight is 358 g/mol. The van der Waals surface area contributed by atoms with Crippen molar-refractivity contribution in [3.05, 3.63) is 42.4 Å². The summed E-state index contributed by atoms with van der Waals surface area (Å²) in [6, 6.07) is 3.94. The topological polar surface area (TPSA) is 63.7 Å². The fourth-order valence-electron chi connectivity index (χ4n) is 3.82. The van der Waals surface area contributed by atoms with Gasteiger partial charge in [0.05, 0.1) is 26.1 Å². The van der Waals surface area contributed by atoms with Gasteiger partial charge in [-0.3, -0.25) is 9.69 Å². The monoisotopic (exact) mass is 358 g/mol. The summed E-state index contributed by atoms with van der Waals surface area (Å²) in [5.41, 5.74) is 0. The number of aromatic nitrogens is 2. The van der Waals surface area contributed by atoms with Crippen LogP contribution in [0.5, 0.6) is 0 Å². The van der Waals surface area contributed by atoms with Gasteiger partial charge in [-0.15, -0.1) is 0 Å². The van der Waals surface area contributed by atoms with E-state index >= 15 is 0 Å². The first kappa shape index (κ1) is 17.3. The molecule has 4 heterocycles. The third-order valence-corrected chi connectivity index (χ3v) is 5.23. The van der Waals surface area contributed by atoms with Crippen molar-refractivity contribution in [3.63, 3.8) is 0 Å². The Morgan fingerprint density at radius 3 is 2.88 bits per heavy atom. The van der Waals surface area contributed by atoms with Crippen LogP contribution in [0, 0.1) is 0 Å². The number of likely N-dealkylation sites (tertiary alicyclic amines) is 1. The van der Waals surface area contributed by atoms with Crippen LogP contribution in [0.2, 0.25) is 0 Å². The van der Waals surface area contributed by atoms with Crippen molar-refractivity contribution in [1.29, 1.82) is 0 Å². The van der Waals surface area contributed by atoms with E-state index in [0.717, 1.165) is 58.0 Å². The van der Waals surface area contributed by atoms with E-state index < -0.39 is 0 Å². The molecular formula is C19H26N4O3. The SMILES string of the molecule is O=C(c1ccc(Cn2ccnc2)o1)N1CCCC[C@H]1CN1CCOCC1. The highest BCUT2D eigenvalue weighted by Crippen LogP contribution is 2.22. The third-order valence-electron chi connectivity index (χ3n) is 5.23. The van der Waals surface area contributed by atoms with Gasteiger partial charge < -0.3 is 18.6 Å². The second-order valence-electron chi connectivity index (χ2n) is 7.06. The molecule has 2 fully saturated rings. The Morgan fingerprint density at radius 2 is 2.08 bits per heavy atom. The highest BCUT2D eigenvalue weighted by Gasteiger charge is 2.30. The van der Waals surface area contributed by atoms with Gasteiger partial charge in [0.1, 0.15) is 5.76 Å². The first-order chi connectivity index (χ1) is 12.8. The zero-order valence-electron chi connectivity index (χ0n) is 15.0. The third kappa shape index (κ3) is 3.99. The van der Waals surface area contributed by atoms with Crippen molar-refractivity contribution in [1.82, 2.24) is 19.4 Å². The fourth-order valence-corrected chi connectivity index (χ4v) is 3.82. The van der Waals surface area contributed by atoms with Gasteiger partial charge in [-0.2, -0.15) is 0 Å².